The van der Waals surface area contributed by atoms with Crippen LogP contribution in [0.15, 0.2) is 12.3 Å². The van der Waals surface area contributed by atoms with Crippen LogP contribution < -0.4 is 4.74 Å². The second kappa shape index (κ2) is 4.51. The zero-order valence-corrected chi connectivity index (χ0v) is 10.2. The highest BCUT2D eigenvalue weighted by Crippen LogP contribution is 2.29. The lowest BCUT2D eigenvalue weighted by atomic mass is 10.2. The predicted octanol–water partition coefficient (Wildman–Crippen LogP) is 2.09. The van der Waals surface area contributed by atoms with Gasteiger partial charge < -0.3 is 9.64 Å². The van der Waals surface area contributed by atoms with Crippen LogP contribution in [0, 0.1) is 0 Å². The second-order valence-electron chi connectivity index (χ2n) is 4.33. The fourth-order valence-corrected chi connectivity index (χ4v) is 1.84. The molecule has 2 rings (SSSR count). The molecule has 0 aliphatic carbocycles. The molecule has 0 unspecified atom stereocenters. The third-order valence-electron chi connectivity index (χ3n) is 2.71. The van der Waals surface area contributed by atoms with Gasteiger partial charge in [-0.2, -0.15) is 0 Å². The number of hydrogen-bond donors (Lipinski definition) is 0. The summed E-state index contributed by atoms with van der Waals surface area (Å²) < 4.78 is 30.5. The Morgan fingerprint density at radius 1 is 1.56 bits per heavy atom. The zero-order chi connectivity index (χ0) is 13.3. The van der Waals surface area contributed by atoms with Gasteiger partial charge in [-0.15, -0.1) is 0 Å². The molecule has 0 aromatic carbocycles. The smallest absolute Gasteiger partial charge is 0.278 e. The maximum Gasteiger partial charge on any atom is 0.278 e. The van der Waals surface area contributed by atoms with Gasteiger partial charge in [0.15, 0.2) is 6.61 Å². The molecular formula is C12H14F2N2O2. The minimum Gasteiger partial charge on any atom is -0.471 e. The Labute approximate surface area is 104 Å². The van der Waals surface area contributed by atoms with Gasteiger partial charge in [-0.1, -0.05) is 0 Å². The van der Waals surface area contributed by atoms with Gasteiger partial charge in [0.25, 0.3) is 11.8 Å². The highest BCUT2D eigenvalue weighted by molar-refractivity contribution is 6.00. The summed E-state index contributed by atoms with van der Waals surface area (Å²) in [5, 5.41) is 0. The van der Waals surface area contributed by atoms with E-state index in [1.54, 1.807) is 11.0 Å². The van der Waals surface area contributed by atoms with E-state index in [0.29, 0.717) is 18.7 Å². The first-order valence-corrected chi connectivity index (χ1v) is 5.70. The molecule has 18 heavy (non-hydrogen) atoms. The average molecular weight is 256 g/mol. The van der Waals surface area contributed by atoms with E-state index in [-0.39, 0.29) is 11.8 Å². The largest absolute Gasteiger partial charge is 0.471 e. The zero-order valence-electron chi connectivity index (χ0n) is 10.2. The second-order valence-corrected chi connectivity index (χ2v) is 4.33. The van der Waals surface area contributed by atoms with E-state index in [9.17, 15) is 13.6 Å². The number of halogens is 2. The summed E-state index contributed by atoms with van der Waals surface area (Å²) in [6.07, 6.45) is 1.47. The molecule has 0 saturated carbocycles. The molecule has 0 spiro atoms. The van der Waals surface area contributed by atoms with Crippen molar-refractivity contribution in [3.8, 4) is 5.88 Å². The minimum atomic E-state index is -2.95. The molecule has 1 aromatic heterocycles. The van der Waals surface area contributed by atoms with Crippen molar-refractivity contribution in [3.63, 3.8) is 0 Å². The van der Waals surface area contributed by atoms with Crippen LogP contribution in [-0.2, 0) is 6.54 Å². The van der Waals surface area contributed by atoms with Crippen molar-refractivity contribution in [1.82, 2.24) is 9.88 Å². The summed E-state index contributed by atoms with van der Waals surface area (Å²) in [7, 11) is 0. The van der Waals surface area contributed by atoms with Crippen molar-refractivity contribution in [2.24, 2.45) is 0 Å². The fourth-order valence-electron chi connectivity index (χ4n) is 1.84. The molecule has 4 nitrogen and oxygen atoms in total. The van der Waals surface area contributed by atoms with Crippen LogP contribution in [0.3, 0.4) is 0 Å². The molecule has 0 saturated heterocycles. The topological polar surface area (TPSA) is 42.4 Å². The number of nitrogens with zero attached hydrogens (tertiary/aromatic N) is 2. The van der Waals surface area contributed by atoms with Gasteiger partial charge >= 0.3 is 0 Å². The lowest BCUT2D eigenvalue weighted by Gasteiger charge is -2.13. The number of carbonyl (C=O) groups excluding carboxylic acids is 1. The van der Waals surface area contributed by atoms with E-state index in [0.717, 1.165) is 12.5 Å². The van der Waals surface area contributed by atoms with Gasteiger partial charge in [-0.25, -0.2) is 13.8 Å². The number of rotatable bonds is 4. The van der Waals surface area contributed by atoms with Crippen molar-refractivity contribution >= 4 is 5.91 Å². The molecule has 1 aromatic rings. The quantitative estimate of drug-likeness (QED) is 0.828. The summed E-state index contributed by atoms with van der Waals surface area (Å²) in [6, 6.07) is 1.71. The minimum absolute atomic E-state index is 0.00465. The highest BCUT2D eigenvalue weighted by Gasteiger charge is 2.32. The van der Waals surface area contributed by atoms with Crippen molar-refractivity contribution in [3.05, 3.63) is 23.4 Å². The maximum absolute atomic E-state index is 12.8. The molecule has 1 aliphatic heterocycles. The number of amides is 1. The SMILES string of the molecule is CCN1Cc2ccnc(OCC(C)(F)F)c2C1=O. The normalized spacial score (nSPS) is 14.9. The summed E-state index contributed by atoms with van der Waals surface area (Å²) in [6.45, 7) is 2.88. The number of carbonyl (C=O) groups is 1. The van der Waals surface area contributed by atoms with E-state index in [2.05, 4.69) is 4.98 Å². The molecule has 0 fully saturated rings. The summed E-state index contributed by atoms with van der Waals surface area (Å²) in [5.41, 5.74) is 1.08. The van der Waals surface area contributed by atoms with E-state index in [1.165, 1.54) is 6.20 Å². The molecule has 2 heterocycles. The number of pyridine rings is 1. The summed E-state index contributed by atoms with van der Waals surface area (Å²) in [4.78, 5) is 17.5. The van der Waals surface area contributed by atoms with Crippen LogP contribution in [0.4, 0.5) is 8.78 Å². The average Bonchev–Trinajstić information content (AvgIpc) is 2.63. The third kappa shape index (κ3) is 2.42. The Kier molecular flexibility index (Phi) is 3.19. The molecular weight excluding hydrogens is 242 g/mol. The first-order valence-electron chi connectivity index (χ1n) is 5.70. The number of fused-ring (bicyclic) bond motifs is 1. The van der Waals surface area contributed by atoms with Crippen LogP contribution >= 0.6 is 0 Å². The van der Waals surface area contributed by atoms with Crippen LogP contribution in [-0.4, -0.2) is 34.9 Å². The Morgan fingerprint density at radius 3 is 2.89 bits per heavy atom. The molecule has 0 radical (unpaired) electrons. The standard InChI is InChI=1S/C12H14F2N2O2/c1-3-16-6-8-4-5-15-10(9(8)11(16)17)18-7-12(2,13)14/h4-5H,3,6-7H2,1-2H3. The molecule has 1 amide bonds. The summed E-state index contributed by atoms with van der Waals surface area (Å²) >= 11 is 0. The Balaban J connectivity index is 2.25. The van der Waals surface area contributed by atoms with E-state index in [4.69, 9.17) is 4.74 Å². The third-order valence-corrected chi connectivity index (χ3v) is 2.71. The van der Waals surface area contributed by atoms with Crippen LogP contribution in [0.25, 0.3) is 0 Å². The molecule has 0 N–H and O–H groups in total. The molecule has 0 bridgehead atoms. The number of hydrogen-bond acceptors (Lipinski definition) is 3. The van der Waals surface area contributed by atoms with E-state index >= 15 is 0 Å². The molecule has 98 valence electrons. The number of ether oxygens (including phenoxy) is 1. The Bertz CT molecular complexity index is 472. The lowest BCUT2D eigenvalue weighted by Crippen LogP contribution is -2.25. The van der Waals surface area contributed by atoms with Crippen molar-refractivity contribution < 1.29 is 18.3 Å². The Morgan fingerprint density at radius 2 is 2.28 bits per heavy atom. The predicted molar refractivity (Wildman–Crippen MR) is 60.8 cm³/mol. The van der Waals surface area contributed by atoms with Gasteiger partial charge in [0.1, 0.15) is 5.56 Å². The molecule has 1 aliphatic rings. The van der Waals surface area contributed by atoms with Crippen LogP contribution in [0.2, 0.25) is 0 Å². The van der Waals surface area contributed by atoms with Gasteiger partial charge in [-0.05, 0) is 18.6 Å². The Hall–Kier alpha value is -1.72. The van der Waals surface area contributed by atoms with Gasteiger partial charge in [0.2, 0.25) is 5.88 Å². The van der Waals surface area contributed by atoms with E-state index in [1.807, 2.05) is 6.92 Å². The first kappa shape index (κ1) is 12.7. The number of aromatic nitrogens is 1. The lowest BCUT2D eigenvalue weighted by molar-refractivity contribution is -0.0245. The van der Waals surface area contributed by atoms with Crippen molar-refractivity contribution in [2.75, 3.05) is 13.2 Å². The molecule has 6 heteroatoms. The van der Waals surface area contributed by atoms with Crippen molar-refractivity contribution in [1.29, 1.82) is 0 Å². The van der Waals surface area contributed by atoms with Gasteiger partial charge in [0.05, 0.1) is 0 Å². The van der Waals surface area contributed by atoms with Crippen LogP contribution in [0.5, 0.6) is 5.88 Å². The fraction of sp³-hybridized carbons (Fsp3) is 0.500. The van der Waals surface area contributed by atoms with Crippen LogP contribution in [0.1, 0.15) is 29.8 Å². The van der Waals surface area contributed by atoms with Gasteiger partial charge in [0, 0.05) is 26.2 Å². The van der Waals surface area contributed by atoms with Crippen molar-refractivity contribution in [2.45, 2.75) is 26.3 Å². The van der Waals surface area contributed by atoms with E-state index < -0.39 is 12.5 Å². The maximum atomic E-state index is 12.8. The monoisotopic (exact) mass is 256 g/mol. The number of alkyl halides is 2. The highest BCUT2D eigenvalue weighted by atomic mass is 19.3. The first-order chi connectivity index (χ1) is 8.42. The molecule has 0 atom stereocenters. The van der Waals surface area contributed by atoms with Gasteiger partial charge in [-0.3, -0.25) is 4.79 Å². The summed E-state index contributed by atoms with van der Waals surface area (Å²) in [5.74, 6) is -3.17.